The number of hydrogen-bond acceptors (Lipinski definition) is 3. The van der Waals surface area contributed by atoms with Crippen molar-refractivity contribution in [1.29, 1.82) is 0 Å². The van der Waals surface area contributed by atoms with Crippen molar-refractivity contribution in [3.05, 3.63) is 97.2 Å². The maximum absolute atomic E-state index is 12.5. The van der Waals surface area contributed by atoms with Gasteiger partial charge < -0.3 is 15.5 Å². The van der Waals surface area contributed by atoms with Crippen LogP contribution in [0.4, 0.5) is 0 Å². The van der Waals surface area contributed by atoms with E-state index >= 15 is 0 Å². The van der Waals surface area contributed by atoms with Crippen molar-refractivity contribution in [3.63, 3.8) is 0 Å². The third-order valence-corrected chi connectivity index (χ3v) is 14.3. The van der Waals surface area contributed by atoms with E-state index in [1.165, 1.54) is 225 Å². The Morgan fingerprint density at radius 1 is 0.342 bits per heavy atom. The molecule has 4 nitrogen and oxygen atoms in total. The molecule has 0 heterocycles. The summed E-state index contributed by atoms with van der Waals surface area (Å²) >= 11 is 0. The van der Waals surface area contributed by atoms with E-state index in [1.54, 1.807) is 6.08 Å². The van der Waals surface area contributed by atoms with Crippen LogP contribution in [0.25, 0.3) is 0 Å². The van der Waals surface area contributed by atoms with Gasteiger partial charge in [0.25, 0.3) is 0 Å². The van der Waals surface area contributed by atoms with Crippen molar-refractivity contribution in [3.8, 4) is 0 Å². The molecule has 0 saturated carbocycles. The van der Waals surface area contributed by atoms with E-state index in [9.17, 15) is 15.0 Å². The third-order valence-electron chi connectivity index (χ3n) is 14.3. The Morgan fingerprint density at radius 3 is 0.904 bits per heavy atom. The standard InChI is InChI=1S/C69H123NO3/c1-3-5-7-9-11-13-15-17-19-21-23-25-27-29-31-33-35-37-39-41-43-45-47-49-51-53-55-57-59-61-63-65-69(73)70-67(66-71)68(72)64-62-60-58-56-54-52-50-48-46-44-42-40-38-36-34-32-30-28-26-24-22-20-18-16-14-12-10-8-6-4-2/h5,7,11,13,17,19,23,25,29,31,35,37,41,43,62,64,67-68,71-72H,3-4,6,8-10,12,14-16,18,20-22,24,26-28,30,32-34,36,38-40,42,44-61,63,65-66H2,1-2H3,(H,70,73)/b7-5-,13-11-,19-17-,25-23-,31-29-,37-35-,43-41-,64-62+. The van der Waals surface area contributed by atoms with Crippen molar-refractivity contribution in [2.24, 2.45) is 0 Å². The van der Waals surface area contributed by atoms with Crippen LogP contribution in [0.3, 0.4) is 0 Å². The highest BCUT2D eigenvalue weighted by Gasteiger charge is 2.18. The minimum absolute atomic E-state index is 0.0707. The van der Waals surface area contributed by atoms with Gasteiger partial charge in [-0.05, 0) is 77.0 Å². The lowest BCUT2D eigenvalue weighted by Gasteiger charge is -2.20. The van der Waals surface area contributed by atoms with Gasteiger partial charge in [0.2, 0.25) is 5.91 Å². The number of allylic oxidation sites excluding steroid dienone is 15. The second kappa shape index (κ2) is 63.6. The maximum atomic E-state index is 12.5. The van der Waals surface area contributed by atoms with Gasteiger partial charge in [-0.15, -0.1) is 0 Å². The molecule has 0 radical (unpaired) electrons. The molecule has 3 N–H and O–H groups in total. The van der Waals surface area contributed by atoms with E-state index in [2.05, 4.69) is 104 Å². The van der Waals surface area contributed by atoms with Gasteiger partial charge in [0, 0.05) is 6.42 Å². The Labute approximate surface area is 455 Å². The number of aliphatic hydroxyl groups is 2. The highest BCUT2D eigenvalue weighted by atomic mass is 16.3. The first-order chi connectivity index (χ1) is 36.2. The number of carbonyl (C=O) groups is 1. The lowest BCUT2D eigenvalue weighted by atomic mass is 10.0. The largest absolute Gasteiger partial charge is 0.394 e. The summed E-state index contributed by atoms with van der Waals surface area (Å²) in [5, 5.41) is 23.3. The van der Waals surface area contributed by atoms with Gasteiger partial charge >= 0.3 is 0 Å². The molecule has 73 heavy (non-hydrogen) atoms. The number of hydrogen-bond donors (Lipinski definition) is 3. The second-order valence-corrected chi connectivity index (χ2v) is 21.5. The first kappa shape index (κ1) is 70.3. The predicted molar refractivity (Wildman–Crippen MR) is 326 cm³/mol. The number of aliphatic hydroxyl groups excluding tert-OH is 2. The number of rotatable bonds is 58. The molecular formula is C69H123NO3. The smallest absolute Gasteiger partial charge is 0.220 e. The topological polar surface area (TPSA) is 69.6 Å². The molecule has 0 saturated heterocycles. The molecule has 0 spiro atoms. The third kappa shape index (κ3) is 60.1. The van der Waals surface area contributed by atoms with Crippen molar-refractivity contribution >= 4 is 5.91 Å². The quantitative estimate of drug-likeness (QED) is 0.0420. The zero-order chi connectivity index (χ0) is 52.7. The summed E-state index contributed by atoms with van der Waals surface area (Å²) in [4.78, 5) is 12.5. The van der Waals surface area contributed by atoms with Crippen LogP contribution in [0.5, 0.6) is 0 Å². The minimum Gasteiger partial charge on any atom is -0.394 e. The monoisotopic (exact) mass is 1010 g/mol. The normalized spacial score (nSPS) is 13.4. The van der Waals surface area contributed by atoms with E-state index in [0.717, 1.165) is 70.6 Å². The predicted octanol–water partition coefficient (Wildman–Crippen LogP) is 21.6. The number of carbonyl (C=O) groups excluding carboxylic acids is 1. The molecule has 1 amide bonds. The van der Waals surface area contributed by atoms with Crippen LogP contribution in [0.1, 0.15) is 316 Å². The zero-order valence-electron chi connectivity index (χ0n) is 48.6. The SMILES string of the molecule is CC/C=C\C/C=C\C/C=C\C/C=C\C/C=C\C/C=C\C/C=C\CCCCCCCCCCCC(=O)NC(CO)C(O)/C=C/CCCCCCCCCCCCCCCCCCCCCCCCCCCCCC. The Morgan fingerprint density at radius 2 is 0.603 bits per heavy atom. The van der Waals surface area contributed by atoms with Gasteiger partial charge in [0.15, 0.2) is 0 Å². The molecule has 0 aliphatic carbocycles. The maximum Gasteiger partial charge on any atom is 0.220 e. The number of amides is 1. The molecule has 4 heteroatoms. The van der Waals surface area contributed by atoms with Crippen LogP contribution in [-0.2, 0) is 4.79 Å². The molecule has 0 aromatic rings. The number of nitrogens with one attached hydrogen (secondary N) is 1. The molecule has 0 bridgehead atoms. The van der Waals surface area contributed by atoms with E-state index in [-0.39, 0.29) is 12.5 Å². The first-order valence-electron chi connectivity index (χ1n) is 32.0. The van der Waals surface area contributed by atoms with Gasteiger partial charge in [0.1, 0.15) is 0 Å². The van der Waals surface area contributed by atoms with Crippen molar-refractivity contribution in [2.75, 3.05) is 6.61 Å². The summed E-state index contributed by atoms with van der Waals surface area (Å²) < 4.78 is 0. The lowest BCUT2D eigenvalue weighted by Crippen LogP contribution is -2.45. The first-order valence-corrected chi connectivity index (χ1v) is 32.0. The van der Waals surface area contributed by atoms with Crippen LogP contribution in [0.2, 0.25) is 0 Å². The van der Waals surface area contributed by atoms with E-state index in [4.69, 9.17) is 0 Å². The van der Waals surface area contributed by atoms with Crippen molar-refractivity contribution < 1.29 is 15.0 Å². The number of unbranched alkanes of at least 4 members (excludes halogenated alkanes) is 37. The van der Waals surface area contributed by atoms with Crippen LogP contribution >= 0.6 is 0 Å². The van der Waals surface area contributed by atoms with Crippen LogP contribution in [0.15, 0.2) is 97.2 Å². The van der Waals surface area contributed by atoms with Gasteiger partial charge in [0.05, 0.1) is 18.8 Å². The average molecular weight is 1010 g/mol. The molecule has 0 aromatic carbocycles. The molecule has 2 atom stereocenters. The summed E-state index contributed by atoms with van der Waals surface area (Å²) in [7, 11) is 0. The van der Waals surface area contributed by atoms with Gasteiger partial charge in [-0.3, -0.25) is 4.79 Å². The van der Waals surface area contributed by atoms with Crippen LogP contribution in [-0.4, -0.2) is 34.9 Å². The second-order valence-electron chi connectivity index (χ2n) is 21.5. The van der Waals surface area contributed by atoms with Gasteiger partial charge in [-0.2, -0.15) is 0 Å². The molecule has 0 aliphatic rings. The van der Waals surface area contributed by atoms with Crippen LogP contribution < -0.4 is 5.32 Å². The van der Waals surface area contributed by atoms with Crippen molar-refractivity contribution in [2.45, 2.75) is 328 Å². The average Bonchev–Trinajstić information content (AvgIpc) is 3.40. The Bertz CT molecular complexity index is 1330. The van der Waals surface area contributed by atoms with E-state index in [0.29, 0.717) is 6.42 Å². The molecule has 0 fully saturated rings. The van der Waals surface area contributed by atoms with E-state index in [1.807, 2.05) is 6.08 Å². The fraction of sp³-hybridized carbons (Fsp3) is 0.754. The molecule has 422 valence electrons. The molecular weight excluding hydrogens is 891 g/mol. The summed E-state index contributed by atoms with van der Waals surface area (Å²) in [5.74, 6) is -0.0707. The Kier molecular flexibility index (Phi) is 61.3. The summed E-state index contributed by atoms with van der Waals surface area (Å²) in [5.41, 5.74) is 0. The van der Waals surface area contributed by atoms with Gasteiger partial charge in [-0.1, -0.05) is 329 Å². The van der Waals surface area contributed by atoms with Crippen molar-refractivity contribution in [1.82, 2.24) is 5.32 Å². The minimum atomic E-state index is -0.850. The fourth-order valence-electron chi connectivity index (χ4n) is 9.52. The molecule has 0 aliphatic heterocycles. The summed E-state index contributed by atoms with van der Waals surface area (Å²) in [6.07, 6.45) is 94.5. The molecule has 0 rings (SSSR count). The summed E-state index contributed by atoms with van der Waals surface area (Å²) in [6.45, 7) is 4.22. The molecule has 2 unspecified atom stereocenters. The van der Waals surface area contributed by atoms with Gasteiger partial charge in [-0.25, -0.2) is 0 Å². The van der Waals surface area contributed by atoms with E-state index < -0.39 is 12.1 Å². The Balaban J connectivity index is 3.53. The highest BCUT2D eigenvalue weighted by molar-refractivity contribution is 5.76. The highest BCUT2D eigenvalue weighted by Crippen LogP contribution is 2.17. The molecule has 0 aromatic heterocycles. The fourth-order valence-corrected chi connectivity index (χ4v) is 9.52. The summed E-state index contributed by atoms with van der Waals surface area (Å²) in [6, 6.07) is -0.634. The lowest BCUT2D eigenvalue weighted by molar-refractivity contribution is -0.123. The van der Waals surface area contributed by atoms with Crippen LogP contribution in [0, 0.1) is 0 Å². The zero-order valence-corrected chi connectivity index (χ0v) is 48.6. The Hall–Kier alpha value is -2.69.